The minimum atomic E-state index is -4.35. The normalized spacial score (nSPS) is 23.9. The summed E-state index contributed by atoms with van der Waals surface area (Å²) in [5.41, 5.74) is -0.432. The van der Waals surface area contributed by atoms with E-state index in [2.05, 4.69) is 4.99 Å². The second-order valence-electron chi connectivity index (χ2n) is 4.06. The van der Waals surface area contributed by atoms with E-state index in [1.54, 1.807) is 26.2 Å². The SMILES string of the molecule is CC1=NC=C[N+]1(C)c1ccccc1C(F)(F)F. The van der Waals surface area contributed by atoms with Crippen LogP contribution in [0.15, 0.2) is 41.7 Å². The predicted octanol–water partition coefficient (Wildman–Crippen LogP) is 3.55. The number of para-hydroxylation sites is 1. The van der Waals surface area contributed by atoms with Crippen molar-refractivity contribution in [1.29, 1.82) is 0 Å². The van der Waals surface area contributed by atoms with Crippen molar-refractivity contribution in [3.05, 3.63) is 42.2 Å². The molecule has 0 aliphatic carbocycles. The van der Waals surface area contributed by atoms with Gasteiger partial charge in [0, 0.05) is 13.0 Å². The topological polar surface area (TPSA) is 12.4 Å². The third kappa shape index (κ3) is 1.86. The van der Waals surface area contributed by atoms with Crippen LogP contribution in [0.4, 0.5) is 18.9 Å². The van der Waals surface area contributed by atoms with Gasteiger partial charge in [0.05, 0.1) is 13.2 Å². The van der Waals surface area contributed by atoms with Crippen molar-refractivity contribution in [1.82, 2.24) is 4.48 Å². The van der Waals surface area contributed by atoms with Crippen LogP contribution in [-0.4, -0.2) is 12.9 Å². The predicted molar refractivity (Wildman–Crippen MR) is 61.4 cm³/mol. The molecule has 0 fully saturated rings. The molecule has 0 radical (unpaired) electrons. The Bertz CT molecular complexity index is 503. The van der Waals surface area contributed by atoms with Gasteiger partial charge in [0.15, 0.2) is 5.69 Å². The largest absolute Gasteiger partial charge is 0.422 e. The summed E-state index contributed by atoms with van der Waals surface area (Å²) in [4.78, 5) is 4.03. The molecule has 0 N–H and O–H groups in total. The van der Waals surface area contributed by atoms with E-state index in [0.29, 0.717) is 5.84 Å². The third-order valence-corrected chi connectivity index (χ3v) is 3.01. The van der Waals surface area contributed by atoms with E-state index in [1.165, 1.54) is 18.3 Å². The van der Waals surface area contributed by atoms with E-state index in [1.807, 2.05) is 0 Å². The van der Waals surface area contributed by atoms with Gasteiger partial charge in [0.25, 0.3) is 0 Å². The van der Waals surface area contributed by atoms with Gasteiger partial charge in [-0.2, -0.15) is 13.2 Å². The van der Waals surface area contributed by atoms with Crippen LogP contribution in [0.3, 0.4) is 0 Å². The van der Waals surface area contributed by atoms with Gasteiger partial charge in [-0.25, -0.2) is 9.48 Å². The number of nitrogens with zero attached hydrogens (tertiary/aromatic N) is 2. The second-order valence-corrected chi connectivity index (χ2v) is 4.06. The number of halogens is 3. The lowest BCUT2D eigenvalue weighted by molar-refractivity contribution is -0.137. The molecule has 0 saturated carbocycles. The van der Waals surface area contributed by atoms with Gasteiger partial charge in [0.2, 0.25) is 5.84 Å². The van der Waals surface area contributed by atoms with Crippen molar-refractivity contribution >= 4 is 11.5 Å². The van der Waals surface area contributed by atoms with Gasteiger partial charge >= 0.3 is 6.18 Å². The van der Waals surface area contributed by atoms with Gasteiger partial charge < -0.3 is 0 Å². The van der Waals surface area contributed by atoms with Crippen molar-refractivity contribution in [2.75, 3.05) is 7.05 Å². The zero-order valence-electron chi connectivity index (χ0n) is 9.49. The maximum atomic E-state index is 12.9. The first-order chi connectivity index (χ1) is 7.86. The molecule has 1 unspecified atom stereocenters. The number of hydrogen-bond acceptors (Lipinski definition) is 1. The van der Waals surface area contributed by atoms with Crippen LogP contribution in [0.2, 0.25) is 0 Å². The van der Waals surface area contributed by atoms with Crippen molar-refractivity contribution in [3.63, 3.8) is 0 Å². The van der Waals surface area contributed by atoms with Crippen LogP contribution in [0.5, 0.6) is 0 Å². The average molecular weight is 241 g/mol. The van der Waals surface area contributed by atoms with Gasteiger partial charge in [-0.15, -0.1) is 0 Å². The van der Waals surface area contributed by atoms with Crippen molar-refractivity contribution in [2.24, 2.45) is 4.99 Å². The van der Waals surface area contributed by atoms with E-state index >= 15 is 0 Å². The average Bonchev–Trinajstić information content (AvgIpc) is 2.59. The van der Waals surface area contributed by atoms with Crippen LogP contribution in [0, 0.1) is 0 Å². The molecule has 1 aromatic rings. The Morgan fingerprint density at radius 3 is 2.35 bits per heavy atom. The lowest BCUT2D eigenvalue weighted by Gasteiger charge is -2.28. The molecule has 5 heteroatoms. The molecule has 2 nitrogen and oxygen atoms in total. The van der Waals surface area contributed by atoms with Crippen LogP contribution in [-0.2, 0) is 6.18 Å². The number of benzene rings is 1. The van der Waals surface area contributed by atoms with E-state index in [4.69, 9.17) is 0 Å². The summed E-state index contributed by atoms with van der Waals surface area (Å²) in [5, 5.41) is 0. The number of aliphatic imine (C=N–C) groups is 1. The Morgan fingerprint density at radius 1 is 1.18 bits per heavy atom. The fraction of sp³-hybridized carbons (Fsp3) is 0.250. The van der Waals surface area contributed by atoms with E-state index in [0.717, 1.165) is 6.07 Å². The third-order valence-electron chi connectivity index (χ3n) is 3.01. The molecule has 0 spiro atoms. The molecule has 1 atom stereocenters. The first-order valence-corrected chi connectivity index (χ1v) is 5.11. The van der Waals surface area contributed by atoms with Crippen molar-refractivity contribution in [2.45, 2.75) is 13.1 Å². The molecule has 1 heterocycles. The number of hydrogen-bond donors (Lipinski definition) is 0. The summed E-state index contributed by atoms with van der Waals surface area (Å²) < 4.78 is 38.7. The minimum absolute atomic E-state index is 0.0321. The summed E-state index contributed by atoms with van der Waals surface area (Å²) in [7, 11) is 1.69. The summed E-state index contributed by atoms with van der Waals surface area (Å²) in [6, 6.07) is 5.58. The zero-order chi connectivity index (χ0) is 12.7. The molecule has 0 bridgehead atoms. The molecule has 2 rings (SSSR count). The van der Waals surface area contributed by atoms with Gasteiger partial charge in [-0.1, -0.05) is 12.1 Å². The quantitative estimate of drug-likeness (QED) is 0.667. The summed E-state index contributed by atoms with van der Waals surface area (Å²) in [5.74, 6) is 0.613. The molecule has 1 aromatic carbocycles. The Labute approximate surface area is 97.3 Å². The summed E-state index contributed by atoms with van der Waals surface area (Å²) >= 11 is 0. The van der Waals surface area contributed by atoms with E-state index < -0.39 is 11.7 Å². The second kappa shape index (κ2) is 3.70. The number of alkyl halides is 3. The maximum Gasteiger partial charge on any atom is 0.422 e. The number of rotatable bonds is 1. The molecule has 17 heavy (non-hydrogen) atoms. The minimum Gasteiger partial charge on any atom is -0.221 e. The highest BCUT2D eigenvalue weighted by Gasteiger charge is 2.41. The Balaban J connectivity index is 2.62. The highest BCUT2D eigenvalue weighted by Crippen LogP contribution is 2.39. The van der Waals surface area contributed by atoms with Gasteiger partial charge in [-0.05, 0) is 6.07 Å². The van der Waals surface area contributed by atoms with Gasteiger partial charge in [-0.3, -0.25) is 0 Å². The van der Waals surface area contributed by atoms with Crippen molar-refractivity contribution in [3.8, 4) is 0 Å². The monoisotopic (exact) mass is 241 g/mol. The van der Waals surface area contributed by atoms with Crippen molar-refractivity contribution < 1.29 is 13.2 Å². The fourth-order valence-corrected chi connectivity index (χ4v) is 1.88. The number of amidine groups is 1. The van der Waals surface area contributed by atoms with Gasteiger partial charge in [0.1, 0.15) is 11.8 Å². The van der Waals surface area contributed by atoms with Crippen LogP contribution in [0.25, 0.3) is 0 Å². The zero-order valence-corrected chi connectivity index (χ0v) is 9.49. The molecule has 0 saturated heterocycles. The molecular weight excluding hydrogens is 229 g/mol. The van der Waals surface area contributed by atoms with Crippen LogP contribution >= 0.6 is 0 Å². The molecular formula is C12H12F3N2+. The lowest BCUT2D eigenvalue weighted by Crippen LogP contribution is -2.43. The standard InChI is InChI=1S/C12H12F3N2/c1-9-16-7-8-17(9,2)11-6-4-3-5-10(11)12(13,14)15/h3-8H,1-2H3/q+1. The summed E-state index contributed by atoms with van der Waals surface area (Å²) in [6.45, 7) is 1.72. The first-order valence-electron chi connectivity index (χ1n) is 5.11. The molecule has 1 aliphatic rings. The first kappa shape index (κ1) is 11.9. The molecule has 0 aromatic heterocycles. The summed E-state index contributed by atoms with van der Waals surface area (Å²) in [6.07, 6.45) is -1.18. The number of quaternary nitrogens is 1. The Hall–Kier alpha value is -1.62. The van der Waals surface area contributed by atoms with Crippen LogP contribution < -0.4 is 4.48 Å². The Kier molecular flexibility index (Phi) is 2.58. The molecule has 90 valence electrons. The lowest BCUT2D eigenvalue weighted by atomic mass is 10.1. The van der Waals surface area contributed by atoms with E-state index in [9.17, 15) is 13.2 Å². The highest BCUT2D eigenvalue weighted by atomic mass is 19.4. The van der Waals surface area contributed by atoms with E-state index in [-0.39, 0.29) is 10.2 Å². The highest BCUT2D eigenvalue weighted by molar-refractivity contribution is 5.95. The molecule has 1 aliphatic heterocycles. The maximum absolute atomic E-state index is 12.9. The Morgan fingerprint density at radius 2 is 1.82 bits per heavy atom. The fourth-order valence-electron chi connectivity index (χ4n) is 1.88. The molecule has 0 amide bonds. The smallest absolute Gasteiger partial charge is 0.221 e. The van der Waals surface area contributed by atoms with Crippen LogP contribution in [0.1, 0.15) is 12.5 Å².